The lowest BCUT2D eigenvalue weighted by Gasteiger charge is -2.11. The molecule has 0 atom stereocenters. The minimum absolute atomic E-state index is 0.573. The van der Waals surface area contributed by atoms with Crippen LogP contribution >= 0.6 is 11.8 Å². The first-order valence-electron chi connectivity index (χ1n) is 7.64. The fraction of sp³-hybridized carbons (Fsp3) is 0.294. The Hall–Kier alpha value is -2.41. The summed E-state index contributed by atoms with van der Waals surface area (Å²) in [6.45, 7) is 6.54. The molecule has 0 unspecified atom stereocenters. The van der Waals surface area contributed by atoms with Gasteiger partial charge in [-0.1, -0.05) is 30.0 Å². The molecule has 0 saturated carbocycles. The van der Waals surface area contributed by atoms with Crippen LogP contribution in [0, 0.1) is 20.8 Å². The summed E-state index contributed by atoms with van der Waals surface area (Å²) in [6.07, 6.45) is 1.62. The highest BCUT2D eigenvalue weighted by molar-refractivity contribution is 7.99. The van der Waals surface area contributed by atoms with E-state index in [1.807, 2.05) is 45.0 Å². The van der Waals surface area contributed by atoms with Gasteiger partial charge in [-0.2, -0.15) is 0 Å². The molecule has 0 aliphatic heterocycles. The molecule has 0 aliphatic rings. The van der Waals surface area contributed by atoms with E-state index in [9.17, 15) is 0 Å². The standard InChI is InChI=1S/C17H20N4O2S/c1-11-5-4-6-12(2)15(11)23-9-10-24-17-20-19-16(21(17)18)14-7-8-22-13(14)3/h4-8H,9-10,18H2,1-3H3. The monoisotopic (exact) mass is 344 g/mol. The molecule has 126 valence electrons. The molecule has 3 rings (SSSR count). The van der Waals surface area contributed by atoms with Crippen molar-refractivity contribution >= 4 is 11.8 Å². The number of para-hydroxylation sites is 1. The van der Waals surface area contributed by atoms with E-state index in [2.05, 4.69) is 10.2 Å². The van der Waals surface area contributed by atoms with Crippen molar-refractivity contribution < 1.29 is 9.15 Å². The van der Waals surface area contributed by atoms with Crippen LogP contribution in [0.15, 0.2) is 40.1 Å². The largest absolute Gasteiger partial charge is 0.492 e. The molecule has 0 saturated heterocycles. The van der Waals surface area contributed by atoms with Crippen LogP contribution in [-0.4, -0.2) is 27.2 Å². The average molecular weight is 344 g/mol. The molecule has 0 aliphatic carbocycles. The van der Waals surface area contributed by atoms with Crippen LogP contribution in [0.2, 0.25) is 0 Å². The summed E-state index contributed by atoms with van der Waals surface area (Å²) < 4.78 is 12.7. The molecule has 0 spiro atoms. The maximum atomic E-state index is 6.09. The normalized spacial score (nSPS) is 11.0. The first-order chi connectivity index (χ1) is 11.6. The Morgan fingerprint density at radius 2 is 1.92 bits per heavy atom. The second kappa shape index (κ2) is 7.00. The van der Waals surface area contributed by atoms with Gasteiger partial charge in [0.2, 0.25) is 5.16 Å². The van der Waals surface area contributed by atoms with Gasteiger partial charge in [0.05, 0.1) is 18.4 Å². The zero-order valence-corrected chi connectivity index (χ0v) is 14.8. The van der Waals surface area contributed by atoms with Crippen LogP contribution < -0.4 is 10.6 Å². The van der Waals surface area contributed by atoms with Crippen LogP contribution in [0.5, 0.6) is 5.75 Å². The van der Waals surface area contributed by atoms with Crippen LogP contribution in [0.25, 0.3) is 11.4 Å². The first kappa shape index (κ1) is 16.4. The summed E-state index contributed by atoms with van der Waals surface area (Å²) in [5.74, 6) is 9.13. The summed E-state index contributed by atoms with van der Waals surface area (Å²) in [6, 6.07) is 7.96. The van der Waals surface area contributed by atoms with E-state index >= 15 is 0 Å². The highest BCUT2D eigenvalue weighted by atomic mass is 32.2. The Morgan fingerprint density at radius 1 is 1.17 bits per heavy atom. The van der Waals surface area contributed by atoms with Crippen LogP contribution in [0.3, 0.4) is 0 Å². The van der Waals surface area contributed by atoms with Crippen molar-refractivity contribution in [3.05, 3.63) is 47.4 Å². The summed E-state index contributed by atoms with van der Waals surface area (Å²) in [5.41, 5.74) is 3.13. The third-order valence-electron chi connectivity index (χ3n) is 3.73. The molecule has 3 aromatic rings. The average Bonchev–Trinajstić information content (AvgIpc) is 3.12. The molecule has 7 heteroatoms. The van der Waals surface area contributed by atoms with E-state index in [-0.39, 0.29) is 0 Å². The number of hydrogen-bond acceptors (Lipinski definition) is 6. The Labute approximate surface area is 145 Å². The lowest BCUT2D eigenvalue weighted by atomic mass is 10.1. The highest BCUT2D eigenvalue weighted by Gasteiger charge is 2.15. The molecular formula is C17H20N4O2S. The lowest BCUT2D eigenvalue weighted by molar-refractivity contribution is 0.339. The van der Waals surface area contributed by atoms with Gasteiger partial charge in [-0.05, 0) is 38.0 Å². The summed E-state index contributed by atoms with van der Waals surface area (Å²) in [7, 11) is 0. The Bertz CT molecular complexity index is 821. The van der Waals surface area contributed by atoms with E-state index in [4.69, 9.17) is 15.0 Å². The predicted molar refractivity (Wildman–Crippen MR) is 94.7 cm³/mol. The van der Waals surface area contributed by atoms with Gasteiger partial charge in [-0.3, -0.25) is 0 Å². The van der Waals surface area contributed by atoms with Gasteiger partial charge >= 0.3 is 0 Å². The molecule has 6 nitrogen and oxygen atoms in total. The Kier molecular flexibility index (Phi) is 4.80. The van der Waals surface area contributed by atoms with Crippen molar-refractivity contribution in [3.8, 4) is 17.1 Å². The quantitative estimate of drug-likeness (QED) is 0.420. The second-order valence-electron chi connectivity index (χ2n) is 5.48. The smallest absolute Gasteiger partial charge is 0.210 e. The first-order valence-corrected chi connectivity index (χ1v) is 8.63. The summed E-state index contributed by atoms with van der Waals surface area (Å²) in [4.78, 5) is 0. The number of aromatic nitrogens is 3. The van der Waals surface area contributed by atoms with Gasteiger partial charge in [0.15, 0.2) is 5.82 Å². The fourth-order valence-electron chi connectivity index (χ4n) is 2.48. The van der Waals surface area contributed by atoms with E-state index in [0.717, 1.165) is 34.0 Å². The van der Waals surface area contributed by atoms with Crippen molar-refractivity contribution in [1.82, 2.24) is 14.9 Å². The molecular weight excluding hydrogens is 324 g/mol. The van der Waals surface area contributed by atoms with Gasteiger partial charge in [0.25, 0.3) is 0 Å². The number of aryl methyl sites for hydroxylation is 3. The third-order valence-corrected chi connectivity index (χ3v) is 4.64. The molecule has 0 radical (unpaired) electrons. The summed E-state index contributed by atoms with van der Waals surface area (Å²) >= 11 is 1.51. The summed E-state index contributed by atoms with van der Waals surface area (Å²) in [5, 5.41) is 8.95. The number of thioether (sulfide) groups is 1. The van der Waals surface area contributed by atoms with E-state index < -0.39 is 0 Å². The van der Waals surface area contributed by atoms with Crippen molar-refractivity contribution in [2.45, 2.75) is 25.9 Å². The maximum absolute atomic E-state index is 6.09. The number of rotatable bonds is 6. The van der Waals surface area contributed by atoms with Gasteiger partial charge in [0, 0.05) is 5.75 Å². The van der Waals surface area contributed by atoms with Gasteiger partial charge in [-0.15, -0.1) is 10.2 Å². The molecule has 0 bridgehead atoms. The van der Waals surface area contributed by atoms with Crippen molar-refractivity contribution in [2.75, 3.05) is 18.2 Å². The molecule has 0 fully saturated rings. The molecule has 1 aromatic carbocycles. The molecule has 2 aromatic heterocycles. The van der Waals surface area contributed by atoms with Gasteiger partial charge < -0.3 is 15.0 Å². The van der Waals surface area contributed by atoms with Gasteiger partial charge in [-0.25, -0.2) is 4.68 Å². The molecule has 24 heavy (non-hydrogen) atoms. The zero-order valence-electron chi connectivity index (χ0n) is 13.9. The van der Waals surface area contributed by atoms with E-state index in [0.29, 0.717) is 17.6 Å². The van der Waals surface area contributed by atoms with Crippen LogP contribution in [-0.2, 0) is 0 Å². The minimum atomic E-state index is 0.573. The van der Waals surface area contributed by atoms with E-state index in [1.54, 1.807) is 6.26 Å². The number of hydrogen-bond donors (Lipinski definition) is 1. The second-order valence-corrected chi connectivity index (χ2v) is 6.55. The third kappa shape index (κ3) is 3.26. The number of nitrogens with zero attached hydrogens (tertiary/aromatic N) is 3. The zero-order chi connectivity index (χ0) is 17.1. The van der Waals surface area contributed by atoms with Crippen molar-refractivity contribution in [2.24, 2.45) is 0 Å². The topological polar surface area (TPSA) is 79.1 Å². The number of furan rings is 1. The number of benzene rings is 1. The molecule has 2 N–H and O–H groups in total. The number of nitrogen functional groups attached to an aromatic ring is 1. The molecule has 2 heterocycles. The Morgan fingerprint density at radius 3 is 2.58 bits per heavy atom. The van der Waals surface area contributed by atoms with Gasteiger partial charge in [0.1, 0.15) is 11.5 Å². The van der Waals surface area contributed by atoms with E-state index in [1.165, 1.54) is 16.4 Å². The van der Waals surface area contributed by atoms with Crippen LogP contribution in [0.1, 0.15) is 16.9 Å². The van der Waals surface area contributed by atoms with Crippen LogP contribution in [0.4, 0.5) is 0 Å². The number of nitrogens with two attached hydrogens (primary N) is 1. The lowest BCUT2D eigenvalue weighted by Crippen LogP contribution is -2.12. The predicted octanol–water partition coefficient (Wildman–Crippen LogP) is 3.35. The molecule has 0 amide bonds. The fourth-order valence-corrected chi connectivity index (χ4v) is 3.15. The van der Waals surface area contributed by atoms with Crippen molar-refractivity contribution in [1.29, 1.82) is 0 Å². The Balaban J connectivity index is 1.60. The number of ether oxygens (including phenoxy) is 1. The maximum Gasteiger partial charge on any atom is 0.210 e. The van der Waals surface area contributed by atoms with Crippen molar-refractivity contribution in [3.63, 3.8) is 0 Å². The highest BCUT2D eigenvalue weighted by Crippen LogP contribution is 2.26. The SMILES string of the molecule is Cc1cccc(C)c1OCCSc1nnc(-c2ccoc2C)n1N. The minimum Gasteiger partial charge on any atom is -0.492 e.